The second-order valence-electron chi connectivity index (χ2n) is 3.82. The van der Waals surface area contributed by atoms with Crippen molar-refractivity contribution in [2.75, 3.05) is 12.8 Å². The van der Waals surface area contributed by atoms with Gasteiger partial charge in [0, 0.05) is 6.07 Å². The third kappa shape index (κ3) is 2.17. The number of ether oxygens (including phenoxy) is 2. The van der Waals surface area contributed by atoms with Gasteiger partial charge in [0.25, 0.3) is 0 Å². The van der Waals surface area contributed by atoms with Gasteiger partial charge in [-0.05, 0) is 23.6 Å². The average molecular weight is 273 g/mol. The lowest BCUT2D eigenvalue weighted by molar-refractivity contribution is 0.408. The van der Waals surface area contributed by atoms with Crippen LogP contribution in [0.1, 0.15) is 0 Å². The van der Waals surface area contributed by atoms with Crippen LogP contribution >= 0.6 is 11.3 Å². The van der Waals surface area contributed by atoms with E-state index in [1.54, 1.807) is 25.3 Å². The van der Waals surface area contributed by atoms with Gasteiger partial charge in [-0.2, -0.15) is 0 Å². The molecule has 0 aliphatic carbocycles. The molecule has 0 fully saturated rings. The lowest BCUT2D eigenvalue weighted by Gasteiger charge is -2.09. The molecule has 19 heavy (non-hydrogen) atoms. The number of fused-ring (bicyclic) bond motifs is 1. The zero-order chi connectivity index (χ0) is 13.2. The Morgan fingerprint density at radius 1 is 1.21 bits per heavy atom. The van der Waals surface area contributed by atoms with Crippen molar-refractivity contribution < 1.29 is 9.47 Å². The molecule has 1 aromatic carbocycles. The van der Waals surface area contributed by atoms with Gasteiger partial charge < -0.3 is 15.2 Å². The highest BCUT2D eigenvalue weighted by atomic mass is 32.1. The second kappa shape index (κ2) is 4.74. The highest BCUT2D eigenvalue weighted by Crippen LogP contribution is 2.34. The van der Waals surface area contributed by atoms with E-state index in [0.717, 1.165) is 10.2 Å². The van der Waals surface area contributed by atoms with Crippen LogP contribution in [0.2, 0.25) is 0 Å². The molecule has 0 radical (unpaired) electrons. The molecule has 6 heteroatoms. The summed E-state index contributed by atoms with van der Waals surface area (Å²) in [5, 5.41) is 1.95. The van der Waals surface area contributed by atoms with Crippen LogP contribution in [0.15, 0.2) is 36.0 Å². The molecule has 2 heterocycles. The van der Waals surface area contributed by atoms with Gasteiger partial charge in [0.1, 0.15) is 16.8 Å². The normalized spacial score (nSPS) is 10.6. The Bertz CT molecular complexity index is 727. The summed E-state index contributed by atoms with van der Waals surface area (Å²) in [6.45, 7) is 0. The van der Waals surface area contributed by atoms with Crippen LogP contribution < -0.4 is 15.2 Å². The maximum absolute atomic E-state index is 5.89. The summed E-state index contributed by atoms with van der Waals surface area (Å²) < 4.78 is 11.8. The molecule has 0 atom stereocenters. The first-order valence-electron chi connectivity index (χ1n) is 5.57. The fourth-order valence-electron chi connectivity index (χ4n) is 1.67. The van der Waals surface area contributed by atoms with Crippen LogP contribution in [0.4, 0.5) is 5.69 Å². The van der Waals surface area contributed by atoms with Gasteiger partial charge in [-0.15, -0.1) is 11.3 Å². The number of methoxy groups -OCH3 is 1. The van der Waals surface area contributed by atoms with Gasteiger partial charge in [0.15, 0.2) is 5.75 Å². The highest BCUT2D eigenvalue weighted by molar-refractivity contribution is 7.17. The van der Waals surface area contributed by atoms with Gasteiger partial charge in [-0.25, -0.2) is 9.97 Å². The number of nitrogen functional groups attached to an aromatic ring is 1. The smallest absolute Gasteiger partial charge is 0.240 e. The Hall–Kier alpha value is -2.34. The molecule has 0 saturated heterocycles. The Morgan fingerprint density at radius 2 is 2.11 bits per heavy atom. The van der Waals surface area contributed by atoms with E-state index < -0.39 is 0 Å². The van der Waals surface area contributed by atoms with E-state index in [4.69, 9.17) is 15.2 Å². The molecule has 0 aliphatic rings. The van der Waals surface area contributed by atoms with Gasteiger partial charge in [-0.1, -0.05) is 0 Å². The summed E-state index contributed by atoms with van der Waals surface area (Å²) in [7, 11) is 1.59. The molecule has 0 spiro atoms. The molecular formula is C13H11N3O2S. The monoisotopic (exact) mass is 273 g/mol. The average Bonchev–Trinajstić information content (AvgIpc) is 2.90. The molecule has 96 valence electrons. The fourth-order valence-corrected chi connectivity index (χ4v) is 2.44. The Balaban J connectivity index is 2.03. The maximum Gasteiger partial charge on any atom is 0.240 e. The Labute approximate surface area is 113 Å². The molecule has 0 bridgehead atoms. The van der Waals surface area contributed by atoms with E-state index in [0.29, 0.717) is 23.1 Å². The van der Waals surface area contributed by atoms with E-state index in [1.165, 1.54) is 17.7 Å². The quantitative estimate of drug-likeness (QED) is 0.742. The second-order valence-corrected chi connectivity index (χ2v) is 4.74. The van der Waals surface area contributed by atoms with E-state index in [1.807, 2.05) is 11.4 Å². The molecule has 3 aromatic rings. The van der Waals surface area contributed by atoms with Crippen molar-refractivity contribution in [3.63, 3.8) is 0 Å². The molecule has 3 rings (SSSR count). The van der Waals surface area contributed by atoms with Gasteiger partial charge in [-0.3, -0.25) is 0 Å². The third-order valence-corrected chi connectivity index (χ3v) is 3.53. The van der Waals surface area contributed by atoms with E-state index in [2.05, 4.69) is 9.97 Å². The Morgan fingerprint density at radius 3 is 2.95 bits per heavy atom. The van der Waals surface area contributed by atoms with Crippen molar-refractivity contribution in [3.05, 3.63) is 36.0 Å². The molecular weight excluding hydrogens is 262 g/mol. The summed E-state index contributed by atoms with van der Waals surface area (Å²) in [5.41, 5.74) is 7.28. The van der Waals surface area contributed by atoms with Crippen LogP contribution in [0.25, 0.3) is 10.2 Å². The van der Waals surface area contributed by atoms with Crippen LogP contribution in [0, 0.1) is 0 Å². The third-order valence-electron chi connectivity index (χ3n) is 2.64. The van der Waals surface area contributed by atoms with Crippen molar-refractivity contribution in [2.24, 2.45) is 0 Å². The number of thiophene rings is 1. The number of hydrogen-bond donors (Lipinski definition) is 1. The number of aromatic nitrogens is 2. The van der Waals surface area contributed by atoms with Crippen molar-refractivity contribution in [3.8, 4) is 17.4 Å². The standard InChI is InChI=1S/C13H11N3O2S/c1-17-8-2-3-9(14)11(6-8)18-13-12-10(4-5-19-12)15-7-16-13/h2-7H,14H2,1H3. The van der Waals surface area contributed by atoms with Crippen LogP contribution in [0.3, 0.4) is 0 Å². The first-order chi connectivity index (χ1) is 9.28. The number of anilines is 1. The number of nitrogens with zero attached hydrogens (tertiary/aromatic N) is 2. The predicted octanol–water partition coefficient (Wildman–Crippen LogP) is 3.07. The fraction of sp³-hybridized carbons (Fsp3) is 0.0769. The van der Waals surface area contributed by atoms with Crippen LogP contribution in [0.5, 0.6) is 17.4 Å². The predicted molar refractivity (Wildman–Crippen MR) is 74.9 cm³/mol. The summed E-state index contributed by atoms with van der Waals surface area (Å²) in [6.07, 6.45) is 1.47. The van der Waals surface area contributed by atoms with Crippen LogP contribution in [-0.2, 0) is 0 Å². The minimum atomic E-state index is 0.500. The number of benzene rings is 1. The molecule has 0 saturated carbocycles. The summed E-state index contributed by atoms with van der Waals surface area (Å²) in [4.78, 5) is 8.31. The van der Waals surface area contributed by atoms with Gasteiger partial charge in [0.2, 0.25) is 5.88 Å². The number of hydrogen-bond acceptors (Lipinski definition) is 6. The zero-order valence-electron chi connectivity index (χ0n) is 10.2. The molecule has 5 nitrogen and oxygen atoms in total. The summed E-state index contributed by atoms with van der Waals surface area (Å²) in [6, 6.07) is 7.17. The largest absolute Gasteiger partial charge is 0.497 e. The summed E-state index contributed by atoms with van der Waals surface area (Å²) >= 11 is 1.53. The SMILES string of the molecule is COc1ccc(N)c(Oc2ncnc3ccsc23)c1. The molecule has 2 aromatic heterocycles. The van der Waals surface area contributed by atoms with E-state index in [-0.39, 0.29) is 0 Å². The Kier molecular flexibility index (Phi) is 2.92. The number of rotatable bonds is 3. The van der Waals surface area contributed by atoms with Gasteiger partial charge >= 0.3 is 0 Å². The van der Waals surface area contributed by atoms with Gasteiger partial charge in [0.05, 0.1) is 18.3 Å². The topological polar surface area (TPSA) is 70.3 Å². The molecule has 0 unspecified atom stereocenters. The van der Waals surface area contributed by atoms with Crippen molar-refractivity contribution >= 4 is 27.2 Å². The van der Waals surface area contributed by atoms with Crippen molar-refractivity contribution in [1.29, 1.82) is 0 Å². The first-order valence-corrected chi connectivity index (χ1v) is 6.45. The minimum Gasteiger partial charge on any atom is -0.497 e. The van der Waals surface area contributed by atoms with E-state index >= 15 is 0 Å². The summed E-state index contributed by atoms with van der Waals surface area (Å²) in [5.74, 6) is 1.70. The molecule has 2 N–H and O–H groups in total. The minimum absolute atomic E-state index is 0.500. The zero-order valence-corrected chi connectivity index (χ0v) is 11.0. The van der Waals surface area contributed by atoms with E-state index in [9.17, 15) is 0 Å². The van der Waals surface area contributed by atoms with Crippen LogP contribution in [-0.4, -0.2) is 17.1 Å². The molecule has 0 amide bonds. The first kappa shape index (κ1) is 11.7. The number of nitrogens with two attached hydrogens (primary N) is 1. The lowest BCUT2D eigenvalue weighted by atomic mass is 10.3. The highest BCUT2D eigenvalue weighted by Gasteiger charge is 2.10. The van der Waals surface area contributed by atoms with Crippen molar-refractivity contribution in [1.82, 2.24) is 9.97 Å². The maximum atomic E-state index is 5.89. The molecule has 0 aliphatic heterocycles. The lowest BCUT2D eigenvalue weighted by Crippen LogP contribution is -1.95. The van der Waals surface area contributed by atoms with Crippen molar-refractivity contribution in [2.45, 2.75) is 0 Å².